The minimum absolute atomic E-state index is 0.284. The summed E-state index contributed by atoms with van der Waals surface area (Å²) in [7, 11) is 0. The van der Waals surface area contributed by atoms with Crippen molar-refractivity contribution in [3.05, 3.63) is 59.2 Å². The molecule has 1 unspecified atom stereocenters. The summed E-state index contributed by atoms with van der Waals surface area (Å²) in [6, 6.07) is 8.85. The molecule has 1 heterocycles. The van der Waals surface area contributed by atoms with Gasteiger partial charge in [-0.05, 0) is 37.2 Å². The van der Waals surface area contributed by atoms with E-state index in [1.165, 1.54) is 11.6 Å². The van der Waals surface area contributed by atoms with E-state index in [-0.39, 0.29) is 11.9 Å². The van der Waals surface area contributed by atoms with Crippen molar-refractivity contribution < 1.29 is 4.39 Å². The van der Waals surface area contributed by atoms with Crippen molar-refractivity contribution >= 4 is 0 Å². The zero-order valence-electron chi connectivity index (χ0n) is 11.7. The topological polar surface area (TPSA) is 40.8 Å². The minimum Gasteiger partial charge on any atom is -0.349 e. The summed E-state index contributed by atoms with van der Waals surface area (Å²) in [5, 5.41) is 12.1. The molecule has 1 aromatic carbocycles. The van der Waals surface area contributed by atoms with Crippen LogP contribution in [0.25, 0.3) is 0 Å². The predicted molar refractivity (Wildman–Crippen MR) is 76.7 cm³/mol. The molecule has 0 saturated carbocycles. The fourth-order valence-electron chi connectivity index (χ4n) is 2.18. The van der Waals surface area contributed by atoms with Gasteiger partial charge in [0.05, 0.1) is 11.6 Å². The van der Waals surface area contributed by atoms with E-state index >= 15 is 0 Å². The summed E-state index contributed by atoms with van der Waals surface area (Å²) in [6.07, 6.45) is 3.96. The molecule has 0 amide bonds. The maximum Gasteiger partial charge on any atom is 0.129 e. The normalized spacial score (nSPS) is 12.1. The first-order chi connectivity index (χ1) is 9.63. The number of halogens is 1. The highest BCUT2D eigenvalue weighted by Gasteiger charge is 2.08. The second kappa shape index (κ2) is 6.36. The van der Waals surface area contributed by atoms with Crippen LogP contribution in [0.1, 0.15) is 36.6 Å². The first-order valence-electron chi connectivity index (χ1n) is 6.71. The molecule has 0 aliphatic rings. The van der Waals surface area contributed by atoms with Gasteiger partial charge in [-0.15, -0.1) is 0 Å². The summed E-state index contributed by atoms with van der Waals surface area (Å²) >= 11 is 0. The van der Waals surface area contributed by atoms with E-state index in [1.807, 2.05) is 29.1 Å². The van der Waals surface area contributed by atoms with E-state index in [9.17, 15) is 4.39 Å². The van der Waals surface area contributed by atoms with Gasteiger partial charge in [-0.25, -0.2) is 4.39 Å². The third-order valence-corrected chi connectivity index (χ3v) is 3.32. The monoisotopic (exact) mass is 271 g/mol. The summed E-state index contributed by atoms with van der Waals surface area (Å²) in [5.74, 6) is -0.334. The number of aromatic nitrogens is 1. The number of benzene rings is 1. The van der Waals surface area contributed by atoms with E-state index in [4.69, 9.17) is 5.26 Å². The maximum atomic E-state index is 13.8. The van der Waals surface area contributed by atoms with Crippen LogP contribution in [0, 0.1) is 17.1 Å². The highest BCUT2D eigenvalue weighted by molar-refractivity contribution is 5.33. The highest BCUT2D eigenvalue weighted by atomic mass is 19.1. The SMILES string of the molecule is CCNC(C)c1ccn(Cc2ccc(C#N)cc2F)c1. The lowest BCUT2D eigenvalue weighted by atomic mass is 10.1. The zero-order valence-corrected chi connectivity index (χ0v) is 11.7. The van der Waals surface area contributed by atoms with Gasteiger partial charge in [0.1, 0.15) is 5.82 Å². The number of hydrogen-bond acceptors (Lipinski definition) is 2. The highest BCUT2D eigenvalue weighted by Crippen LogP contribution is 2.16. The quantitative estimate of drug-likeness (QED) is 0.907. The molecule has 0 radical (unpaired) electrons. The molecule has 104 valence electrons. The Labute approximate surface area is 118 Å². The minimum atomic E-state index is -0.334. The Morgan fingerprint density at radius 2 is 2.20 bits per heavy atom. The average Bonchev–Trinajstić information content (AvgIpc) is 2.90. The zero-order chi connectivity index (χ0) is 14.5. The summed E-state index contributed by atoms with van der Waals surface area (Å²) in [4.78, 5) is 0. The van der Waals surface area contributed by atoms with Crippen LogP contribution >= 0.6 is 0 Å². The standard InChI is InChI=1S/C16H18FN3/c1-3-19-12(2)14-6-7-20(10-14)11-15-5-4-13(9-18)8-16(15)17/h4-8,10,12,19H,3,11H2,1-2H3. The number of nitrogens with zero attached hydrogens (tertiary/aromatic N) is 2. The molecule has 0 spiro atoms. The molecular formula is C16H18FN3. The van der Waals surface area contributed by atoms with Gasteiger partial charge in [-0.2, -0.15) is 5.26 Å². The van der Waals surface area contributed by atoms with Crippen molar-refractivity contribution in [3.8, 4) is 6.07 Å². The molecule has 0 bridgehead atoms. The summed E-state index contributed by atoms with van der Waals surface area (Å²) in [5.41, 5.74) is 2.11. The maximum absolute atomic E-state index is 13.8. The molecule has 1 N–H and O–H groups in total. The van der Waals surface area contributed by atoms with E-state index in [0.717, 1.165) is 6.54 Å². The lowest BCUT2D eigenvalue weighted by molar-refractivity contribution is 0.590. The van der Waals surface area contributed by atoms with Gasteiger partial charge in [0.25, 0.3) is 0 Å². The summed E-state index contributed by atoms with van der Waals surface area (Å²) < 4.78 is 15.8. The van der Waals surface area contributed by atoms with Crippen molar-refractivity contribution in [1.29, 1.82) is 5.26 Å². The van der Waals surface area contributed by atoms with Crippen molar-refractivity contribution in [1.82, 2.24) is 9.88 Å². The molecule has 4 heteroatoms. The lowest BCUT2D eigenvalue weighted by Crippen LogP contribution is -2.17. The third kappa shape index (κ3) is 3.25. The van der Waals surface area contributed by atoms with Gasteiger partial charge in [0.15, 0.2) is 0 Å². The largest absolute Gasteiger partial charge is 0.349 e. The Hall–Kier alpha value is -2.12. The number of nitrogens with one attached hydrogen (secondary N) is 1. The number of rotatable bonds is 5. The molecule has 20 heavy (non-hydrogen) atoms. The van der Waals surface area contributed by atoms with Crippen LogP contribution in [-0.2, 0) is 6.54 Å². The van der Waals surface area contributed by atoms with Gasteiger partial charge in [-0.3, -0.25) is 0 Å². The number of nitriles is 1. The van der Waals surface area contributed by atoms with E-state index in [1.54, 1.807) is 12.1 Å². The van der Waals surface area contributed by atoms with Gasteiger partial charge < -0.3 is 9.88 Å². The van der Waals surface area contributed by atoms with Gasteiger partial charge >= 0.3 is 0 Å². The molecule has 0 aliphatic carbocycles. The van der Waals surface area contributed by atoms with Gasteiger partial charge in [0, 0.05) is 30.5 Å². The van der Waals surface area contributed by atoms with Crippen LogP contribution in [0.15, 0.2) is 36.7 Å². The fourth-order valence-corrected chi connectivity index (χ4v) is 2.18. The Morgan fingerprint density at radius 1 is 1.40 bits per heavy atom. The Kier molecular flexibility index (Phi) is 4.54. The summed E-state index contributed by atoms with van der Waals surface area (Å²) in [6.45, 7) is 5.55. The average molecular weight is 271 g/mol. The molecule has 1 aromatic heterocycles. The molecule has 2 rings (SSSR count). The van der Waals surface area contributed by atoms with Crippen LogP contribution < -0.4 is 5.32 Å². The second-order valence-electron chi connectivity index (χ2n) is 4.81. The van der Waals surface area contributed by atoms with Gasteiger partial charge in [-0.1, -0.05) is 13.0 Å². The third-order valence-electron chi connectivity index (χ3n) is 3.32. The second-order valence-corrected chi connectivity index (χ2v) is 4.81. The van der Waals surface area contributed by atoms with E-state index < -0.39 is 0 Å². The molecule has 1 atom stereocenters. The Bertz CT molecular complexity index is 625. The van der Waals surface area contributed by atoms with E-state index in [0.29, 0.717) is 17.7 Å². The van der Waals surface area contributed by atoms with Crippen molar-refractivity contribution in [3.63, 3.8) is 0 Å². The smallest absolute Gasteiger partial charge is 0.129 e. The van der Waals surface area contributed by atoms with Crippen molar-refractivity contribution in [2.45, 2.75) is 26.4 Å². The number of hydrogen-bond donors (Lipinski definition) is 1. The van der Waals surface area contributed by atoms with Crippen LogP contribution in [0.5, 0.6) is 0 Å². The Morgan fingerprint density at radius 3 is 2.85 bits per heavy atom. The first-order valence-corrected chi connectivity index (χ1v) is 6.71. The predicted octanol–water partition coefficient (Wildman–Crippen LogP) is 3.22. The van der Waals surface area contributed by atoms with Gasteiger partial charge in [0.2, 0.25) is 0 Å². The molecule has 0 aliphatic heterocycles. The van der Waals surface area contributed by atoms with Crippen LogP contribution in [0.3, 0.4) is 0 Å². The van der Waals surface area contributed by atoms with Crippen molar-refractivity contribution in [2.24, 2.45) is 0 Å². The van der Waals surface area contributed by atoms with Crippen molar-refractivity contribution in [2.75, 3.05) is 6.54 Å². The molecule has 2 aromatic rings. The van der Waals surface area contributed by atoms with Crippen LogP contribution in [0.2, 0.25) is 0 Å². The molecule has 0 fully saturated rings. The molecule has 3 nitrogen and oxygen atoms in total. The van der Waals surface area contributed by atoms with Crippen LogP contribution in [-0.4, -0.2) is 11.1 Å². The van der Waals surface area contributed by atoms with E-state index in [2.05, 4.69) is 19.2 Å². The Balaban J connectivity index is 2.13. The fraction of sp³-hybridized carbons (Fsp3) is 0.312. The lowest BCUT2D eigenvalue weighted by Gasteiger charge is -2.10. The molecule has 0 saturated heterocycles. The first kappa shape index (κ1) is 14.3. The van der Waals surface area contributed by atoms with Crippen LogP contribution in [0.4, 0.5) is 4.39 Å². The molecular weight excluding hydrogens is 253 g/mol.